The summed E-state index contributed by atoms with van der Waals surface area (Å²) in [5.41, 5.74) is 6.55. The van der Waals surface area contributed by atoms with Gasteiger partial charge in [-0.05, 0) is 12.8 Å². The zero-order chi connectivity index (χ0) is 12.1. The second kappa shape index (κ2) is 5.60. The van der Waals surface area contributed by atoms with Crippen LogP contribution in [0.4, 0.5) is 0 Å². The Labute approximate surface area is 94.8 Å². The Balaban J connectivity index is 3.04. The number of esters is 1. The lowest BCUT2D eigenvalue weighted by Gasteiger charge is -2.09. The zero-order valence-corrected chi connectivity index (χ0v) is 9.93. The van der Waals surface area contributed by atoms with Crippen LogP contribution in [0, 0.1) is 0 Å². The molecule has 0 atom stereocenters. The number of nitrogens with zero attached hydrogens (tertiary/aromatic N) is 3. The van der Waals surface area contributed by atoms with Gasteiger partial charge in [0.25, 0.3) is 0 Å². The van der Waals surface area contributed by atoms with Crippen LogP contribution in [0.2, 0.25) is 0 Å². The molecular weight excluding hydrogens is 208 g/mol. The van der Waals surface area contributed by atoms with Crippen molar-refractivity contribution in [3.63, 3.8) is 0 Å². The van der Waals surface area contributed by atoms with Gasteiger partial charge < -0.3 is 10.5 Å². The summed E-state index contributed by atoms with van der Waals surface area (Å²) in [6, 6.07) is 0. The predicted molar refractivity (Wildman–Crippen MR) is 59.1 cm³/mol. The Morgan fingerprint density at radius 1 is 1.56 bits per heavy atom. The minimum Gasteiger partial charge on any atom is -0.461 e. The smallest absolute Gasteiger partial charge is 0.360 e. The first kappa shape index (κ1) is 12.6. The second-order valence-corrected chi connectivity index (χ2v) is 3.71. The first-order valence-corrected chi connectivity index (χ1v) is 5.42. The molecule has 0 aliphatic carbocycles. The molecule has 0 amide bonds. The summed E-state index contributed by atoms with van der Waals surface area (Å²) in [6.45, 7) is 7.07. The van der Waals surface area contributed by atoms with Crippen LogP contribution in [0.3, 0.4) is 0 Å². The van der Waals surface area contributed by atoms with E-state index in [0.29, 0.717) is 25.4 Å². The highest BCUT2D eigenvalue weighted by Gasteiger charge is 2.22. The molecule has 1 rings (SSSR count). The number of hydrogen-bond acceptors (Lipinski definition) is 5. The van der Waals surface area contributed by atoms with E-state index < -0.39 is 5.97 Å². The SMILES string of the molecule is CCOC(=O)c1nnn(CCN)c1C(C)C. The summed E-state index contributed by atoms with van der Waals surface area (Å²) in [5.74, 6) is -0.268. The molecule has 16 heavy (non-hydrogen) atoms. The van der Waals surface area contributed by atoms with Crippen LogP contribution in [0.15, 0.2) is 0 Å². The highest BCUT2D eigenvalue weighted by molar-refractivity contribution is 5.88. The maximum absolute atomic E-state index is 11.6. The van der Waals surface area contributed by atoms with Gasteiger partial charge in [-0.15, -0.1) is 5.10 Å². The standard InChI is InChI=1S/C10H18N4O2/c1-4-16-10(15)8-9(7(2)3)14(6-5-11)13-12-8/h7H,4-6,11H2,1-3H3. The van der Waals surface area contributed by atoms with Crippen molar-refractivity contribution in [2.45, 2.75) is 33.2 Å². The molecule has 0 aliphatic rings. The van der Waals surface area contributed by atoms with Gasteiger partial charge in [-0.25, -0.2) is 9.48 Å². The molecule has 0 saturated carbocycles. The Morgan fingerprint density at radius 2 is 2.25 bits per heavy atom. The molecule has 90 valence electrons. The van der Waals surface area contributed by atoms with Gasteiger partial charge in [-0.1, -0.05) is 19.1 Å². The van der Waals surface area contributed by atoms with Gasteiger partial charge >= 0.3 is 5.97 Å². The topological polar surface area (TPSA) is 83.0 Å². The van der Waals surface area contributed by atoms with Crippen LogP contribution in [0.1, 0.15) is 42.9 Å². The lowest BCUT2D eigenvalue weighted by Crippen LogP contribution is -2.16. The van der Waals surface area contributed by atoms with E-state index in [0.717, 1.165) is 5.69 Å². The third-order valence-electron chi connectivity index (χ3n) is 2.13. The van der Waals surface area contributed by atoms with E-state index >= 15 is 0 Å². The number of nitrogens with two attached hydrogens (primary N) is 1. The Hall–Kier alpha value is -1.43. The molecular formula is C10H18N4O2. The van der Waals surface area contributed by atoms with E-state index in [4.69, 9.17) is 10.5 Å². The summed E-state index contributed by atoms with van der Waals surface area (Å²) < 4.78 is 6.59. The van der Waals surface area contributed by atoms with Crippen LogP contribution >= 0.6 is 0 Å². The largest absolute Gasteiger partial charge is 0.461 e. The van der Waals surface area contributed by atoms with Gasteiger partial charge in [0.15, 0.2) is 5.69 Å². The minimum absolute atomic E-state index is 0.154. The first-order valence-electron chi connectivity index (χ1n) is 5.42. The second-order valence-electron chi connectivity index (χ2n) is 3.71. The van der Waals surface area contributed by atoms with E-state index in [-0.39, 0.29) is 5.92 Å². The average molecular weight is 226 g/mol. The van der Waals surface area contributed by atoms with E-state index in [2.05, 4.69) is 10.3 Å². The fourth-order valence-corrected chi connectivity index (χ4v) is 1.52. The summed E-state index contributed by atoms with van der Waals surface area (Å²) in [4.78, 5) is 11.6. The molecule has 1 aromatic rings. The molecule has 0 aromatic carbocycles. The van der Waals surface area contributed by atoms with Crippen molar-refractivity contribution in [2.24, 2.45) is 5.73 Å². The monoisotopic (exact) mass is 226 g/mol. The molecule has 0 bridgehead atoms. The maximum Gasteiger partial charge on any atom is 0.360 e. The van der Waals surface area contributed by atoms with Gasteiger partial charge in [0.05, 0.1) is 18.8 Å². The lowest BCUT2D eigenvalue weighted by molar-refractivity contribution is 0.0517. The molecule has 2 N–H and O–H groups in total. The first-order chi connectivity index (χ1) is 7.61. The zero-order valence-electron chi connectivity index (χ0n) is 9.93. The van der Waals surface area contributed by atoms with Crippen LogP contribution in [-0.2, 0) is 11.3 Å². The van der Waals surface area contributed by atoms with Crippen LogP contribution < -0.4 is 5.73 Å². The highest BCUT2D eigenvalue weighted by atomic mass is 16.5. The molecule has 6 nitrogen and oxygen atoms in total. The van der Waals surface area contributed by atoms with E-state index in [1.165, 1.54) is 0 Å². The van der Waals surface area contributed by atoms with Crippen LogP contribution in [-0.4, -0.2) is 34.1 Å². The summed E-state index contributed by atoms with van der Waals surface area (Å²) in [5, 5.41) is 7.77. The highest BCUT2D eigenvalue weighted by Crippen LogP contribution is 2.18. The van der Waals surface area contributed by atoms with Crippen molar-refractivity contribution in [3.8, 4) is 0 Å². The predicted octanol–water partition coefficient (Wildman–Crippen LogP) is 0.537. The number of hydrogen-bond donors (Lipinski definition) is 1. The molecule has 0 aliphatic heterocycles. The van der Waals surface area contributed by atoms with Gasteiger partial charge in [0.2, 0.25) is 0 Å². The third kappa shape index (κ3) is 2.57. The Kier molecular flexibility index (Phi) is 4.42. The number of ether oxygens (including phenoxy) is 1. The lowest BCUT2D eigenvalue weighted by atomic mass is 10.1. The van der Waals surface area contributed by atoms with Crippen molar-refractivity contribution in [1.82, 2.24) is 15.0 Å². The summed E-state index contributed by atoms with van der Waals surface area (Å²) in [6.07, 6.45) is 0. The van der Waals surface area contributed by atoms with Gasteiger partial charge in [-0.3, -0.25) is 0 Å². The van der Waals surface area contributed by atoms with Crippen LogP contribution in [0.25, 0.3) is 0 Å². The van der Waals surface area contributed by atoms with Gasteiger partial charge in [-0.2, -0.15) is 0 Å². The van der Waals surface area contributed by atoms with Crippen molar-refractivity contribution >= 4 is 5.97 Å². The van der Waals surface area contributed by atoms with E-state index in [1.807, 2.05) is 13.8 Å². The number of rotatable bonds is 5. The number of carbonyl (C=O) groups excluding carboxylic acids is 1. The number of aromatic nitrogens is 3. The minimum atomic E-state index is -0.422. The molecule has 1 aromatic heterocycles. The quantitative estimate of drug-likeness (QED) is 0.741. The summed E-state index contributed by atoms with van der Waals surface area (Å²) >= 11 is 0. The molecule has 0 spiro atoms. The van der Waals surface area contributed by atoms with Gasteiger partial charge in [0.1, 0.15) is 0 Å². The molecule has 0 saturated heterocycles. The molecule has 0 unspecified atom stereocenters. The fourth-order valence-electron chi connectivity index (χ4n) is 1.52. The van der Waals surface area contributed by atoms with Crippen molar-refractivity contribution in [2.75, 3.05) is 13.2 Å². The van der Waals surface area contributed by atoms with Gasteiger partial charge in [0, 0.05) is 6.54 Å². The van der Waals surface area contributed by atoms with Crippen LogP contribution in [0.5, 0.6) is 0 Å². The van der Waals surface area contributed by atoms with Crippen molar-refractivity contribution in [1.29, 1.82) is 0 Å². The Bertz CT molecular complexity index is 360. The molecule has 1 heterocycles. The molecule has 0 radical (unpaired) electrons. The van der Waals surface area contributed by atoms with Crippen molar-refractivity contribution in [3.05, 3.63) is 11.4 Å². The fraction of sp³-hybridized carbons (Fsp3) is 0.700. The molecule has 0 fully saturated rings. The molecule has 6 heteroatoms. The van der Waals surface area contributed by atoms with E-state index in [1.54, 1.807) is 11.6 Å². The Morgan fingerprint density at radius 3 is 2.75 bits per heavy atom. The average Bonchev–Trinajstić information content (AvgIpc) is 2.62. The van der Waals surface area contributed by atoms with Crippen molar-refractivity contribution < 1.29 is 9.53 Å². The summed E-state index contributed by atoms with van der Waals surface area (Å²) in [7, 11) is 0. The third-order valence-corrected chi connectivity index (χ3v) is 2.13. The maximum atomic E-state index is 11.6. The normalized spacial score (nSPS) is 10.8. The number of carbonyl (C=O) groups is 1. The van der Waals surface area contributed by atoms with E-state index in [9.17, 15) is 4.79 Å².